The Kier molecular flexibility index (Phi) is 2.15. The highest BCUT2D eigenvalue weighted by Crippen LogP contribution is 2.29. The van der Waals surface area contributed by atoms with Crippen LogP contribution in [0.25, 0.3) is 0 Å². The van der Waals surface area contributed by atoms with Crippen molar-refractivity contribution in [1.29, 1.82) is 0 Å². The first-order valence-electron chi connectivity index (χ1n) is 4.85. The van der Waals surface area contributed by atoms with Crippen LogP contribution in [0.2, 0.25) is 0 Å². The van der Waals surface area contributed by atoms with Crippen molar-refractivity contribution in [2.24, 2.45) is 0 Å². The van der Waals surface area contributed by atoms with Crippen molar-refractivity contribution in [2.75, 3.05) is 23.8 Å². The minimum Gasteiger partial charge on any atom is -0.374 e. The normalized spacial score (nSPS) is 15.0. The third-order valence-electron chi connectivity index (χ3n) is 2.63. The van der Waals surface area contributed by atoms with E-state index < -0.39 is 0 Å². The summed E-state index contributed by atoms with van der Waals surface area (Å²) in [4.78, 5) is 13.1. The summed E-state index contributed by atoms with van der Waals surface area (Å²) < 4.78 is 0. The molecule has 0 radical (unpaired) electrons. The number of carbonyl (C=O) groups excluding carboxylic acids is 1. The van der Waals surface area contributed by atoms with Crippen LogP contribution >= 0.6 is 0 Å². The third kappa shape index (κ3) is 1.35. The maximum atomic E-state index is 11.4. The summed E-state index contributed by atoms with van der Waals surface area (Å²) in [5, 5.41) is 3.13. The van der Waals surface area contributed by atoms with Crippen LogP contribution in [0, 0.1) is 0 Å². The van der Waals surface area contributed by atoms with Crippen LogP contribution in [0.15, 0.2) is 18.2 Å². The fourth-order valence-corrected chi connectivity index (χ4v) is 1.66. The number of anilines is 2. The Morgan fingerprint density at radius 1 is 1.50 bits per heavy atom. The number of rotatable bonds is 1. The Labute approximate surface area is 83.7 Å². The third-order valence-corrected chi connectivity index (χ3v) is 2.63. The fraction of sp³-hybridized carbons (Fsp3) is 0.364. The zero-order valence-electron chi connectivity index (χ0n) is 8.50. The molecule has 14 heavy (non-hydrogen) atoms. The monoisotopic (exact) mass is 190 g/mol. The van der Waals surface area contributed by atoms with Crippen LogP contribution in [0.5, 0.6) is 0 Å². The molecule has 0 bridgehead atoms. The van der Waals surface area contributed by atoms with Crippen LogP contribution in [0.4, 0.5) is 11.4 Å². The van der Waals surface area contributed by atoms with Crippen molar-refractivity contribution in [3.05, 3.63) is 23.8 Å². The maximum Gasteiger partial charge on any atom is 0.246 e. The molecule has 1 aliphatic heterocycles. The average Bonchev–Trinajstić information content (AvgIpc) is 2.23. The molecule has 74 valence electrons. The number of fused-ring (bicyclic) bond motifs is 1. The minimum absolute atomic E-state index is 0.113. The molecule has 3 heteroatoms. The van der Waals surface area contributed by atoms with Gasteiger partial charge in [0, 0.05) is 7.05 Å². The molecule has 1 aliphatic rings. The first kappa shape index (κ1) is 9.06. The van der Waals surface area contributed by atoms with Gasteiger partial charge in [-0.25, -0.2) is 0 Å². The second-order valence-corrected chi connectivity index (χ2v) is 3.51. The van der Waals surface area contributed by atoms with E-state index in [2.05, 4.69) is 24.4 Å². The van der Waals surface area contributed by atoms with Crippen molar-refractivity contribution in [1.82, 2.24) is 0 Å². The molecular formula is C11H14N2O. The Morgan fingerprint density at radius 2 is 2.29 bits per heavy atom. The first-order valence-corrected chi connectivity index (χ1v) is 4.85. The van der Waals surface area contributed by atoms with E-state index in [-0.39, 0.29) is 5.91 Å². The van der Waals surface area contributed by atoms with Gasteiger partial charge in [0.2, 0.25) is 5.91 Å². The van der Waals surface area contributed by atoms with Crippen molar-refractivity contribution in [3.8, 4) is 0 Å². The van der Waals surface area contributed by atoms with Gasteiger partial charge in [0.1, 0.15) is 0 Å². The van der Waals surface area contributed by atoms with Crippen LogP contribution < -0.4 is 10.2 Å². The largest absolute Gasteiger partial charge is 0.374 e. The van der Waals surface area contributed by atoms with Crippen molar-refractivity contribution < 1.29 is 4.79 Å². The van der Waals surface area contributed by atoms with Crippen LogP contribution in [0.3, 0.4) is 0 Å². The number of hydrogen-bond donors (Lipinski definition) is 1. The molecular weight excluding hydrogens is 176 g/mol. The number of likely N-dealkylation sites (N-methyl/N-ethyl adjacent to an activating group) is 1. The second-order valence-electron chi connectivity index (χ2n) is 3.51. The van der Waals surface area contributed by atoms with Gasteiger partial charge >= 0.3 is 0 Å². The Hall–Kier alpha value is -1.51. The summed E-state index contributed by atoms with van der Waals surface area (Å²) in [5.74, 6) is 0.113. The van der Waals surface area contributed by atoms with E-state index in [0.29, 0.717) is 6.54 Å². The molecule has 1 heterocycles. The Morgan fingerprint density at radius 3 is 3.00 bits per heavy atom. The lowest BCUT2D eigenvalue weighted by molar-refractivity contribution is -0.116. The van der Waals surface area contributed by atoms with Gasteiger partial charge in [0.15, 0.2) is 0 Å². The molecule has 3 nitrogen and oxygen atoms in total. The minimum atomic E-state index is 0.113. The Balaban J connectivity index is 2.43. The number of amides is 1. The molecule has 0 fully saturated rings. The molecule has 1 amide bonds. The molecule has 0 saturated heterocycles. The van der Waals surface area contributed by atoms with Gasteiger partial charge in [-0.1, -0.05) is 13.0 Å². The number of benzene rings is 1. The Bertz CT molecular complexity index is 374. The van der Waals surface area contributed by atoms with Crippen molar-refractivity contribution in [3.63, 3.8) is 0 Å². The van der Waals surface area contributed by atoms with Gasteiger partial charge in [-0.3, -0.25) is 4.79 Å². The lowest BCUT2D eigenvalue weighted by Gasteiger charge is -2.27. The zero-order valence-corrected chi connectivity index (χ0v) is 8.50. The average molecular weight is 190 g/mol. The number of hydrogen-bond acceptors (Lipinski definition) is 2. The molecule has 0 atom stereocenters. The summed E-state index contributed by atoms with van der Waals surface area (Å²) in [6.45, 7) is 2.52. The molecule has 0 aliphatic carbocycles. The van der Waals surface area contributed by atoms with Gasteiger partial charge in [0.05, 0.1) is 17.9 Å². The molecule has 0 spiro atoms. The van der Waals surface area contributed by atoms with Gasteiger partial charge in [-0.2, -0.15) is 0 Å². The van der Waals surface area contributed by atoms with E-state index >= 15 is 0 Å². The standard InChI is InChI=1S/C11H14N2O/c1-3-8-4-5-10-9(6-8)12-7-11(14)13(10)2/h4-6,12H,3,7H2,1-2H3. The van der Waals surface area contributed by atoms with Crippen molar-refractivity contribution in [2.45, 2.75) is 13.3 Å². The van der Waals surface area contributed by atoms with Crippen molar-refractivity contribution >= 4 is 17.3 Å². The molecule has 0 aromatic heterocycles. The highest BCUT2D eigenvalue weighted by Gasteiger charge is 2.19. The first-order chi connectivity index (χ1) is 6.72. The number of carbonyl (C=O) groups is 1. The van der Waals surface area contributed by atoms with Crippen LogP contribution in [-0.2, 0) is 11.2 Å². The van der Waals surface area contributed by atoms with E-state index in [1.807, 2.05) is 13.1 Å². The predicted octanol–water partition coefficient (Wildman–Crippen LogP) is 1.64. The highest BCUT2D eigenvalue weighted by atomic mass is 16.2. The second kappa shape index (κ2) is 3.33. The summed E-state index contributed by atoms with van der Waals surface area (Å²) in [6, 6.07) is 6.17. The SMILES string of the molecule is CCc1ccc2c(c1)NCC(=O)N2C. The molecule has 0 unspecified atom stereocenters. The van der Waals surface area contributed by atoms with E-state index in [0.717, 1.165) is 17.8 Å². The quantitative estimate of drug-likeness (QED) is 0.730. The molecule has 2 rings (SSSR count). The van der Waals surface area contributed by atoms with Gasteiger partial charge < -0.3 is 10.2 Å². The summed E-state index contributed by atoms with van der Waals surface area (Å²) in [7, 11) is 1.81. The molecule has 1 aromatic carbocycles. The van der Waals surface area contributed by atoms with Gasteiger partial charge in [-0.15, -0.1) is 0 Å². The fourth-order valence-electron chi connectivity index (χ4n) is 1.66. The number of nitrogens with zero attached hydrogens (tertiary/aromatic N) is 1. The van der Waals surface area contributed by atoms with E-state index in [4.69, 9.17) is 0 Å². The predicted molar refractivity (Wildman–Crippen MR) is 57.7 cm³/mol. The molecule has 1 N–H and O–H groups in total. The number of nitrogens with one attached hydrogen (secondary N) is 1. The lowest BCUT2D eigenvalue weighted by Crippen LogP contribution is -2.36. The summed E-state index contributed by atoms with van der Waals surface area (Å²) in [6.07, 6.45) is 1.02. The van der Waals surface area contributed by atoms with Gasteiger partial charge in [-0.05, 0) is 24.1 Å². The lowest BCUT2D eigenvalue weighted by atomic mass is 10.1. The van der Waals surface area contributed by atoms with Gasteiger partial charge in [0.25, 0.3) is 0 Å². The smallest absolute Gasteiger partial charge is 0.246 e. The maximum absolute atomic E-state index is 11.4. The molecule has 1 aromatic rings. The van der Waals surface area contributed by atoms with Crippen LogP contribution in [0.1, 0.15) is 12.5 Å². The summed E-state index contributed by atoms with van der Waals surface area (Å²) >= 11 is 0. The summed E-state index contributed by atoms with van der Waals surface area (Å²) in [5.41, 5.74) is 3.32. The highest BCUT2D eigenvalue weighted by molar-refractivity contribution is 6.02. The van der Waals surface area contributed by atoms with E-state index in [9.17, 15) is 4.79 Å². The molecule has 0 saturated carbocycles. The van der Waals surface area contributed by atoms with E-state index in [1.54, 1.807) is 4.90 Å². The van der Waals surface area contributed by atoms with E-state index in [1.165, 1.54) is 5.56 Å². The zero-order chi connectivity index (χ0) is 10.1. The van der Waals surface area contributed by atoms with Crippen LogP contribution in [-0.4, -0.2) is 19.5 Å². The topological polar surface area (TPSA) is 32.3 Å². The number of aryl methyl sites for hydroxylation is 1.